The predicted molar refractivity (Wildman–Crippen MR) is 84.3 cm³/mol. The number of hydrogen-bond donors (Lipinski definition) is 0. The Balaban J connectivity index is 2.23. The Morgan fingerprint density at radius 3 is 1.81 bits per heavy atom. The molecule has 0 spiro atoms. The first-order valence-electron chi connectivity index (χ1n) is 6.87. The van der Waals surface area contributed by atoms with Crippen molar-refractivity contribution in [3.05, 3.63) is 71.8 Å². The Labute approximate surface area is 129 Å². The van der Waals surface area contributed by atoms with E-state index >= 15 is 0 Å². The van der Waals surface area contributed by atoms with E-state index in [1.165, 1.54) is 0 Å². The molecule has 2 atom stereocenters. The molecule has 0 N–H and O–H groups in total. The lowest BCUT2D eigenvalue weighted by atomic mass is 9.75. The van der Waals surface area contributed by atoms with Crippen LogP contribution >= 0.6 is 11.8 Å². The van der Waals surface area contributed by atoms with Gasteiger partial charge in [-0.15, -0.1) is 11.8 Å². The van der Waals surface area contributed by atoms with Crippen LogP contribution in [0.1, 0.15) is 11.1 Å². The quantitative estimate of drug-likeness (QED) is 0.841. The molecular formula is C18H14N2S. The summed E-state index contributed by atoms with van der Waals surface area (Å²) in [5, 5.41) is 19.1. The molecule has 0 saturated carbocycles. The third kappa shape index (κ3) is 2.11. The number of nitriles is 2. The van der Waals surface area contributed by atoms with Crippen LogP contribution in [-0.2, 0) is 4.75 Å². The lowest BCUT2D eigenvalue weighted by molar-refractivity contribution is 0.481. The van der Waals surface area contributed by atoms with Crippen LogP contribution in [0.4, 0.5) is 0 Å². The number of nitrogens with zero attached hydrogens (tertiary/aromatic N) is 2. The van der Waals surface area contributed by atoms with Crippen LogP contribution in [0.2, 0.25) is 0 Å². The molecule has 2 nitrogen and oxygen atoms in total. The van der Waals surface area contributed by atoms with Crippen molar-refractivity contribution in [1.82, 2.24) is 0 Å². The van der Waals surface area contributed by atoms with Gasteiger partial charge in [-0.2, -0.15) is 10.5 Å². The van der Waals surface area contributed by atoms with E-state index in [4.69, 9.17) is 0 Å². The summed E-state index contributed by atoms with van der Waals surface area (Å²) in [6.45, 7) is 0. The Morgan fingerprint density at radius 2 is 1.38 bits per heavy atom. The maximum atomic E-state index is 9.71. The van der Waals surface area contributed by atoms with Gasteiger partial charge in [0.05, 0.1) is 28.7 Å². The molecule has 1 fully saturated rings. The van der Waals surface area contributed by atoms with E-state index in [1.807, 2.05) is 36.4 Å². The highest BCUT2D eigenvalue weighted by atomic mass is 32.2. The van der Waals surface area contributed by atoms with Crippen molar-refractivity contribution in [3.63, 3.8) is 0 Å². The minimum absolute atomic E-state index is 0.236. The second-order valence-corrected chi connectivity index (χ2v) is 6.39. The van der Waals surface area contributed by atoms with Crippen LogP contribution in [0.5, 0.6) is 0 Å². The summed E-state index contributed by atoms with van der Waals surface area (Å²) in [4.78, 5) is 0. The van der Waals surface area contributed by atoms with Gasteiger partial charge in [0.2, 0.25) is 0 Å². The van der Waals surface area contributed by atoms with Crippen LogP contribution in [0.15, 0.2) is 60.7 Å². The number of rotatable bonds is 2. The van der Waals surface area contributed by atoms with Crippen molar-refractivity contribution in [2.45, 2.75) is 4.75 Å². The van der Waals surface area contributed by atoms with E-state index in [2.05, 4.69) is 36.4 Å². The average molecular weight is 290 g/mol. The van der Waals surface area contributed by atoms with E-state index in [1.54, 1.807) is 11.8 Å². The molecule has 1 saturated heterocycles. The summed E-state index contributed by atoms with van der Waals surface area (Å²) >= 11 is 1.72. The second-order valence-electron chi connectivity index (χ2n) is 5.12. The van der Waals surface area contributed by atoms with E-state index < -0.39 is 4.75 Å². The molecule has 0 aromatic heterocycles. The normalized spacial score (nSPS) is 23.1. The van der Waals surface area contributed by atoms with Gasteiger partial charge in [-0.25, -0.2) is 0 Å². The topological polar surface area (TPSA) is 47.6 Å². The standard InChI is InChI=1S/C18H14N2S/c19-11-14-13-21-18(17(14)12-20,15-7-3-1-4-8-15)16-9-5-2-6-10-16/h1-10,14,17H,13H2. The summed E-state index contributed by atoms with van der Waals surface area (Å²) in [5.41, 5.74) is 2.20. The van der Waals surface area contributed by atoms with Gasteiger partial charge in [0.15, 0.2) is 0 Å². The number of benzene rings is 2. The molecular weight excluding hydrogens is 276 g/mol. The summed E-state index contributed by atoms with van der Waals surface area (Å²) in [6.07, 6.45) is 0. The monoisotopic (exact) mass is 290 g/mol. The van der Waals surface area contributed by atoms with Gasteiger partial charge in [-0.1, -0.05) is 60.7 Å². The largest absolute Gasteiger partial charge is 0.198 e. The fraction of sp³-hybridized carbons (Fsp3) is 0.222. The molecule has 102 valence electrons. The Morgan fingerprint density at radius 1 is 0.857 bits per heavy atom. The molecule has 0 amide bonds. The summed E-state index contributed by atoms with van der Waals surface area (Å²) < 4.78 is -0.447. The third-order valence-electron chi connectivity index (χ3n) is 4.04. The van der Waals surface area contributed by atoms with E-state index in [0.29, 0.717) is 5.75 Å². The average Bonchev–Trinajstić information content (AvgIpc) is 2.96. The van der Waals surface area contributed by atoms with Gasteiger partial charge in [0.25, 0.3) is 0 Å². The van der Waals surface area contributed by atoms with Crippen LogP contribution in [0.3, 0.4) is 0 Å². The van der Waals surface area contributed by atoms with Crippen LogP contribution in [-0.4, -0.2) is 5.75 Å². The van der Waals surface area contributed by atoms with Crippen LogP contribution in [0, 0.1) is 34.5 Å². The minimum Gasteiger partial charge on any atom is -0.198 e. The molecule has 3 heteroatoms. The second kappa shape index (κ2) is 5.64. The first kappa shape index (κ1) is 13.7. The van der Waals surface area contributed by atoms with Crippen LogP contribution < -0.4 is 0 Å². The highest BCUT2D eigenvalue weighted by Gasteiger charge is 2.52. The van der Waals surface area contributed by atoms with Gasteiger partial charge >= 0.3 is 0 Å². The Bertz CT molecular complexity index is 658. The first-order valence-corrected chi connectivity index (χ1v) is 7.85. The molecule has 3 rings (SSSR count). The van der Waals surface area contributed by atoms with Gasteiger partial charge < -0.3 is 0 Å². The zero-order chi connectivity index (χ0) is 14.7. The molecule has 0 radical (unpaired) electrons. The first-order chi connectivity index (χ1) is 10.3. The molecule has 0 bridgehead atoms. The van der Waals surface area contributed by atoms with Crippen molar-refractivity contribution in [2.75, 3.05) is 5.75 Å². The van der Waals surface area contributed by atoms with Gasteiger partial charge in [-0.05, 0) is 11.1 Å². The Hall–Kier alpha value is -2.23. The lowest BCUT2D eigenvalue weighted by Gasteiger charge is -2.33. The fourth-order valence-corrected chi connectivity index (χ4v) is 4.76. The predicted octanol–water partition coefficient (Wildman–Crippen LogP) is 3.96. The molecule has 1 aliphatic rings. The van der Waals surface area contributed by atoms with Crippen molar-refractivity contribution >= 4 is 11.8 Å². The number of thioether (sulfide) groups is 1. The molecule has 1 aliphatic heterocycles. The summed E-state index contributed by atoms with van der Waals surface area (Å²) in [6, 6.07) is 24.9. The molecule has 2 unspecified atom stereocenters. The van der Waals surface area contributed by atoms with Gasteiger partial charge in [0, 0.05) is 5.75 Å². The fourth-order valence-electron chi connectivity index (χ4n) is 3.05. The maximum Gasteiger partial charge on any atom is 0.0858 e. The van der Waals surface area contributed by atoms with Crippen molar-refractivity contribution in [1.29, 1.82) is 10.5 Å². The van der Waals surface area contributed by atoms with Crippen molar-refractivity contribution in [3.8, 4) is 12.1 Å². The highest BCUT2D eigenvalue weighted by Crippen LogP contribution is 2.56. The zero-order valence-electron chi connectivity index (χ0n) is 11.4. The maximum absolute atomic E-state index is 9.71. The highest BCUT2D eigenvalue weighted by molar-refractivity contribution is 8.00. The van der Waals surface area contributed by atoms with Crippen molar-refractivity contribution < 1.29 is 0 Å². The SMILES string of the molecule is N#CC1CSC(c2ccccc2)(c2ccccc2)C1C#N. The Kier molecular flexibility index (Phi) is 3.69. The molecule has 0 aliphatic carbocycles. The van der Waals surface area contributed by atoms with Gasteiger partial charge in [-0.3, -0.25) is 0 Å². The minimum atomic E-state index is -0.447. The smallest absolute Gasteiger partial charge is 0.0858 e. The lowest BCUT2D eigenvalue weighted by Crippen LogP contribution is -2.31. The molecule has 1 heterocycles. The third-order valence-corrected chi connectivity index (χ3v) is 5.75. The van der Waals surface area contributed by atoms with E-state index in [9.17, 15) is 10.5 Å². The van der Waals surface area contributed by atoms with E-state index in [0.717, 1.165) is 11.1 Å². The van der Waals surface area contributed by atoms with Crippen LogP contribution in [0.25, 0.3) is 0 Å². The zero-order valence-corrected chi connectivity index (χ0v) is 12.3. The van der Waals surface area contributed by atoms with E-state index in [-0.39, 0.29) is 11.8 Å². The van der Waals surface area contributed by atoms with Crippen molar-refractivity contribution in [2.24, 2.45) is 11.8 Å². The summed E-state index contributed by atoms with van der Waals surface area (Å²) in [7, 11) is 0. The molecule has 2 aromatic rings. The summed E-state index contributed by atoms with van der Waals surface area (Å²) in [5.74, 6) is 0.121. The van der Waals surface area contributed by atoms with Gasteiger partial charge in [0.1, 0.15) is 0 Å². The molecule has 21 heavy (non-hydrogen) atoms. The number of hydrogen-bond acceptors (Lipinski definition) is 3. The molecule has 2 aromatic carbocycles.